The van der Waals surface area contributed by atoms with Crippen LogP contribution in [0.3, 0.4) is 0 Å². The number of aromatic nitrogens is 2. The molecule has 2 aliphatic carbocycles. The summed E-state index contributed by atoms with van der Waals surface area (Å²) in [6, 6.07) is 2.11. The molecule has 0 aliphatic heterocycles. The van der Waals surface area contributed by atoms with Gasteiger partial charge in [0.1, 0.15) is 11.6 Å². The monoisotopic (exact) mass is 247 g/mol. The Labute approximate surface area is 107 Å². The largest absolute Gasteiger partial charge is 0.367 e. The molecule has 98 valence electrons. The van der Waals surface area contributed by atoms with Gasteiger partial charge in [-0.25, -0.2) is 4.98 Å². The van der Waals surface area contributed by atoms with E-state index < -0.39 is 0 Å². The standard InChI is InChI=1S/C14H21N3O/c1-8(2)14-16-12(7-13(18)17-14)15-11-6-9-3-4-10(11)5-9/h7-11H,3-6H2,1-2H3,(H2,15,16,17,18). The number of hydrogen-bond acceptors (Lipinski definition) is 3. The van der Waals surface area contributed by atoms with Crippen LogP contribution in [-0.4, -0.2) is 16.0 Å². The summed E-state index contributed by atoms with van der Waals surface area (Å²) in [6.45, 7) is 4.08. The van der Waals surface area contributed by atoms with Gasteiger partial charge in [-0.3, -0.25) is 4.79 Å². The van der Waals surface area contributed by atoms with Gasteiger partial charge in [0, 0.05) is 18.0 Å². The van der Waals surface area contributed by atoms with Crippen LogP contribution >= 0.6 is 0 Å². The van der Waals surface area contributed by atoms with E-state index in [2.05, 4.69) is 15.3 Å². The van der Waals surface area contributed by atoms with Crippen LogP contribution in [0, 0.1) is 11.8 Å². The molecule has 1 aromatic rings. The zero-order valence-electron chi connectivity index (χ0n) is 11.1. The molecule has 0 spiro atoms. The number of hydrogen-bond donors (Lipinski definition) is 2. The second-order valence-electron chi connectivity index (χ2n) is 6.10. The number of H-pyrrole nitrogens is 1. The number of aromatic amines is 1. The number of rotatable bonds is 3. The van der Waals surface area contributed by atoms with Crippen LogP contribution in [0.1, 0.15) is 51.3 Å². The molecule has 1 aromatic heterocycles. The smallest absolute Gasteiger partial charge is 0.252 e. The molecule has 4 heteroatoms. The minimum absolute atomic E-state index is 0.0562. The predicted molar refractivity (Wildman–Crippen MR) is 71.8 cm³/mol. The molecule has 2 bridgehead atoms. The number of anilines is 1. The molecule has 3 atom stereocenters. The highest BCUT2D eigenvalue weighted by Crippen LogP contribution is 2.45. The number of nitrogens with zero attached hydrogens (tertiary/aromatic N) is 1. The third kappa shape index (κ3) is 2.16. The fraction of sp³-hybridized carbons (Fsp3) is 0.714. The fourth-order valence-corrected chi connectivity index (χ4v) is 3.44. The molecule has 2 fully saturated rings. The summed E-state index contributed by atoms with van der Waals surface area (Å²) in [5.41, 5.74) is -0.0562. The molecular formula is C14H21N3O. The summed E-state index contributed by atoms with van der Waals surface area (Å²) in [5.74, 6) is 3.46. The summed E-state index contributed by atoms with van der Waals surface area (Å²) >= 11 is 0. The van der Waals surface area contributed by atoms with E-state index in [0.29, 0.717) is 6.04 Å². The average molecular weight is 247 g/mol. The zero-order chi connectivity index (χ0) is 12.7. The van der Waals surface area contributed by atoms with Gasteiger partial charge < -0.3 is 10.3 Å². The van der Waals surface area contributed by atoms with Gasteiger partial charge in [-0.15, -0.1) is 0 Å². The molecule has 4 nitrogen and oxygen atoms in total. The molecule has 2 aliphatic rings. The predicted octanol–water partition coefficient (Wildman–Crippen LogP) is 2.49. The highest BCUT2D eigenvalue weighted by molar-refractivity contribution is 5.35. The van der Waals surface area contributed by atoms with Gasteiger partial charge in [-0.1, -0.05) is 20.3 Å². The zero-order valence-corrected chi connectivity index (χ0v) is 11.1. The Morgan fingerprint density at radius 2 is 2.22 bits per heavy atom. The SMILES string of the molecule is CC(C)c1nc(NC2CC3CCC2C3)cc(=O)[nH]1. The second-order valence-corrected chi connectivity index (χ2v) is 6.10. The van der Waals surface area contributed by atoms with Gasteiger partial charge in [0.25, 0.3) is 5.56 Å². The normalized spacial score (nSPS) is 30.1. The third-order valence-electron chi connectivity index (χ3n) is 4.38. The first-order valence-corrected chi connectivity index (χ1v) is 6.99. The lowest BCUT2D eigenvalue weighted by molar-refractivity contribution is 0.438. The van der Waals surface area contributed by atoms with Crippen LogP contribution in [-0.2, 0) is 0 Å². The van der Waals surface area contributed by atoms with Crippen LogP contribution in [0.4, 0.5) is 5.82 Å². The first-order chi connectivity index (χ1) is 8.61. The molecule has 2 saturated carbocycles. The van der Waals surface area contributed by atoms with Gasteiger partial charge >= 0.3 is 0 Å². The van der Waals surface area contributed by atoms with E-state index in [1.807, 2.05) is 13.8 Å². The second kappa shape index (κ2) is 4.41. The summed E-state index contributed by atoms with van der Waals surface area (Å²) in [4.78, 5) is 18.9. The summed E-state index contributed by atoms with van der Waals surface area (Å²) in [6.07, 6.45) is 5.33. The molecule has 0 radical (unpaired) electrons. The van der Waals surface area contributed by atoms with Crippen molar-refractivity contribution in [2.45, 2.75) is 51.5 Å². The van der Waals surface area contributed by atoms with Gasteiger partial charge in [0.15, 0.2) is 0 Å². The highest BCUT2D eigenvalue weighted by atomic mass is 16.1. The van der Waals surface area contributed by atoms with Crippen LogP contribution in [0.2, 0.25) is 0 Å². The maximum absolute atomic E-state index is 11.6. The molecule has 2 N–H and O–H groups in total. The molecule has 0 amide bonds. The lowest BCUT2D eigenvalue weighted by Gasteiger charge is -2.23. The maximum Gasteiger partial charge on any atom is 0.252 e. The van der Waals surface area contributed by atoms with Crippen LogP contribution in [0.5, 0.6) is 0 Å². The van der Waals surface area contributed by atoms with E-state index in [9.17, 15) is 4.79 Å². The van der Waals surface area contributed by atoms with Crippen molar-refractivity contribution < 1.29 is 0 Å². The van der Waals surface area contributed by atoms with Crippen LogP contribution < -0.4 is 10.9 Å². The van der Waals surface area contributed by atoms with Gasteiger partial charge in [-0.05, 0) is 31.1 Å². The van der Waals surface area contributed by atoms with Crippen LogP contribution in [0.25, 0.3) is 0 Å². The number of nitrogens with one attached hydrogen (secondary N) is 2. The molecule has 0 saturated heterocycles. The first-order valence-electron chi connectivity index (χ1n) is 6.99. The Kier molecular flexibility index (Phi) is 2.88. The molecule has 0 aromatic carbocycles. The van der Waals surface area contributed by atoms with E-state index in [-0.39, 0.29) is 11.5 Å². The van der Waals surface area contributed by atoms with Gasteiger partial charge in [-0.2, -0.15) is 0 Å². The molecule has 3 rings (SSSR count). The van der Waals surface area contributed by atoms with Crippen molar-refractivity contribution in [3.05, 3.63) is 22.2 Å². The van der Waals surface area contributed by atoms with Gasteiger partial charge in [0.2, 0.25) is 0 Å². The lowest BCUT2D eigenvalue weighted by Crippen LogP contribution is -2.27. The van der Waals surface area contributed by atoms with E-state index in [0.717, 1.165) is 23.5 Å². The lowest BCUT2D eigenvalue weighted by atomic mass is 9.95. The Balaban J connectivity index is 1.78. The molecule has 3 unspecified atom stereocenters. The van der Waals surface area contributed by atoms with Crippen molar-refractivity contribution in [3.63, 3.8) is 0 Å². The Hall–Kier alpha value is -1.32. The average Bonchev–Trinajstić information content (AvgIpc) is 2.90. The highest BCUT2D eigenvalue weighted by Gasteiger charge is 2.39. The Morgan fingerprint density at radius 3 is 2.83 bits per heavy atom. The molecular weight excluding hydrogens is 226 g/mol. The van der Waals surface area contributed by atoms with Crippen LogP contribution in [0.15, 0.2) is 10.9 Å². The van der Waals surface area contributed by atoms with Crippen molar-refractivity contribution in [2.75, 3.05) is 5.32 Å². The summed E-state index contributed by atoms with van der Waals surface area (Å²) in [7, 11) is 0. The minimum Gasteiger partial charge on any atom is -0.367 e. The summed E-state index contributed by atoms with van der Waals surface area (Å²) in [5, 5.41) is 3.48. The van der Waals surface area contributed by atoms with Crippen molar-refractivity contribution >= 4 is 5.82 Å². The topological polar surface area (TPSA) is 57.8 Å². The van der Waals surface area contributed by atoms with E-state index in [4.69, 9.17) is 0 Å². The summed E-state index contributed by atoms with van der Waals surface area (Å²) < 4.78 is 0. The molecule has 1 heterocycles. The Bertz CT molecular complexity index is 494. The number of fused-ring (bicyclic) bond motifs is 2. The van der Waals surface area contributed by atoms with Crippen molar-refractivity contribution in [1.82, 2.24) is 9.97 Å². The van der Waals surface area contributed by atoms with Crippen molar-refractivity contribution in [3.8, 4) is 0 Å². The molecule has 18 heavy (non-hydrogen) atoms. The van der Waals surface area contributed by atoms with Crippen molar-refractivity contribution in [2.24, 2.45) is 11.8 Å². The maximum atomic E-state index is 11.6. The van der Waals surface area contributed by atoms with Crippen molar-refractivity contribution in [1.29, 1.82) is 0 Å². The van der Waals surface area contributed by atoms with Gasteiger partial charge in [0.05, 0.1) is 0 Å². The minimum atomic E-state index is -0.0562. The first kappa shape index (κ1) is 11.8. The third-order valence-corrected chi connectivity index (χ3v) is 4.38. The quantitative estimate of drug-likeness (QED) is 0.862. The fourth-order valence-electron chi connectivity index (χ4n) is 3.44. The van der Waals surface area contributed by atoms with E-state index in [1.54, 1.807) is 6.07 Å². The van der Waals surface area contributed by atoms with E-state index in [1.165, 1.54) is 25.7 Å². The Morgan fingerprint density at radius 1 is 1.39 bits per heavy atom. The van der Waals surface area contributed by atoms with E-state index >= 15 is 0 Å².